The molecule has 8 heteroatoms. The number of rotatable bonds is 5. The van der Waals surface area contributed by atoms with Gasteiger partial charge in [-0.1, -0.05) is 30.3 Å². The lowest BCUT2D eigenvalue weighted by Gasteiger charge is -2.33. The molecule has 0 saturated heterocycles. The molecule has 0 spiro atoms. The van der Waals surface area contributed by atoms with Gasteiger partial charge in [-0.05, 0) is 49.4 Å². The summed E-state index contributed by atoms with van der Waals surface area (Å²) in [4.78, 5) is 39.1. The third kappa shape index (κ3) is 4.44. The minimum Gasteiger partial charge on any atom is -0.479 e. The predicted molar refractivity (Wildman–Crippen MR) is 118 cm³/mol. The average molecular weight is 433 g/mol. The molecule has 3 amide bonds. The van der Waals surface area contributed by atoms with E-state index in [0.29, 0.717) is 22.8 Å². The number of benzene rings is 3. The Labute approximate surface area is 183 Å². The molecule has 4 rings (SSSR count). The topological polar surface area (TPSA) is 87.7 Å². The number of hydrogen-bond donors (Lipinski definition) is 2. The summed E-state index contributed by atoms with van der Waals surface area (Å²) in [5, 5.41) is 5.36. The van der Waals surface area contributed by atoms with E-state index in [1.807, 2.05) is 6.07 Å². The molecule has 0 aliphatic carbocycles. The van der Waals surface area contributed by atoms with Crippen molar-refractivity contribution in [1.29, 1.82) is 0 Å². The fraction of sp³-hybridized carbons (Fsp3) is 0.125. The van der Waals surface area contributed by atoms with Gasteiger partial charge in [0, 0.05) is 11.4 Å². The monoisotopic (exact) mass is 433 g/mol. The number of carbonyl (C=O) groups excluding carboxylic acids is 3. The van der Waals surface area contributed by atoms with E-state index >= 15 is 0 Å². The minimum absolute atomic E-state index is 0.106. The summed E-state index contributed by atoms with van der Waals surface area (Å²) < 4.78 is 19.6. The van der Waals surface area contributed by atoms with Crippen LogP contribution in [0, 0.1) is 5.82 Å². The van der Waals surface area contributed by atoms with Crippen LogP contribution in [0.15, 0.2) is 72.8 Å². The molecule has 0 aromatic heterocycles. The number of hydrogen-bond acceptors (Lipinski definition) is 4. The van der Waals surface area contributed by atoms with Gasteiger partial charge in [0.25, 0.3) is 11.8 Å². The lowest BCUT2D eigenvalue weighted by molar-refractivity contribution is -0.127. The number of amides is 3. The molecule has 1 aliphatic heterocycles. The van der Waals surface area contributed by atoms with E-state index in [9.17, 15) is 18.8 Å². The van der Waals surface area contributed by atoms with Crippen LogP contribution < -0.4 is 20.3 Å². The highest BCUT2D eigenvalue weighted by atomic mass is 19.1. The van der Waals surface area contributed by atoms with Gasteiger partial charge in [0.15, 0.2) is 6.10 Å². The molecule has 1 atom stereocenters. The summed E-state index contributed by atoms with van der Waals surface area (Å²) in [5.74, 6) is -1.65. The zero-order valence-corrected chi connectivity index (χ0v) is 17.2. The number of nitrogens with one attached hydrogen (secondary N) is 2. The Hall–Kier alpha value is -4.20. The van der Waals surface area contributed by atoms with Gasteiger partial charge in [0.05, 0.1) is 11.3 Å². The van der Waals surface area contributed by atoms with E-state index in [4.69, 9.17) is 4.74 Å². The normalized spacial score (nSPS) is 14.9. The molecule has 3 aromatic carbocycles. The molecule has 0 bridgehead atoms. The fourth-order valence-corrected chi connectivity index (χ4v) is 3.36. The molecule has 162 valence electrons. The first-order chi connectivity index (χ1) is 15.4. The molecule has 0 fully saturated rings. The summed E-state index contributed by atoms with van der Waals surface area (Å²) >= 11 is 0. The number of para-hydroxylation sites is 1. The van der Waals surface area contributed by atoms with Gasteiger partial charge >= 0.3 is 0 Å². The first kappa shape index (κ1) is 21.0. The first-order valence-corrected chi connectivity index (χ1v) is 9.95. The van der Waals surface area contributed by atoms with Crippen LogP contribution in [0.1, 0.15) is 17.3 Å². The van der Waals surface area contributed by atoms with Crippen LogP contribution in [0.2, 0.25) is 0 Å². The Kier molecular flexibility index (Phi) is 5.85. The highest BCUT2D eigenvalue weighted by Gasteiger charge is 2.33. The molecule has 32 heavy (non-hydrogen) atoms. The quantitative estimate of drug-likeness (QED) is 0.640. The van der Waals surface area contributed by atoms with Crippen molar-refractivity contribution in [2.75, 3.05) is 22.1 Å². The highest BCUT2D eigenvalue weighted by molar-refractivity contribution is 6.08. The van der Waals surface area contributed by atoms with E-state index in [1.54, 1.807) is 49.4 Å². The molecule has 1 heterocycles. The second-order valence-corrected chi connectivity index (χ2v) is 7.22. The Morgan fingerprint density at radius 1 is 0.969 bits per heavy atom. The lowest BCUT2D eigenvalue weighted by Crippen LogP contribution is -2.47. The predicted octanol–water partition coefficient (Wildman–Crippen LogP) is 3.83. The third-order valence-electron chi connectivity index (χ3n) is 4.90. The molecular weight excluding hydrogens is 413 g/mol. The van der Waals surface area contributed by atoms with Crippen LogP contribution in [-0.2, 0) is 9.59 Å². The number of ether oxygens (including phenoxy) is 1. The zero-order chi connectivity index (χ0) is 22.7. The maximum Gasteiger partial charge on any atom is 0.268 e. The molecular formula is C24H20FN3O4. The van der Waals surface area contributed by atoms with Gasteiger partial charge in [0.1, 0.15) is 18.1 Å². The van der Waals surface area contributed by atoms with Crippen LogP contribution in [0.4, 0.5) is 21.5 Å². The summed E-state index contributed by atoms with van der Waals surface area (Å²) in [7, 11) is 0. The molecule has 1 unspecified atom stereocenters. The van der Waals surface area contributed by atoms with Crippen LogP contribution in [0.25, 0.3) is 0 Å². The molecule has 7 nitrogen and oxygen atoms in total. The van der Waals surface area contributed by atoms with E-state index < -0.39 is 23.7 Å². The Morgan fingerprint density at radius 2 is 1.69 bits per heavy atom. The molecule has 0 saturated carbocycles. The summed E-state index contributed by atoms with van der Waals surface area (Å²) in [6.45, 7) is 1.36. The Bertz CT molecular complexity index is 1180. The van der Waals surface area contributed by atoms with E-state index in [1.165, 1.54) is 29.2 Å². The zero-order valence-electron chi connectivity index (χ0n) is 17.2. The number of halogens is 1. The van der Waals surface area contributed by atoms with Crippen molar-refractivity contribution in [2.24, 2.45) is 0 Å². The van der Waals surface area contributed by atoms with Gasteiger partial charge in [-0.3, -0.25) is 19.3 Å². The van der Waals surface area contributed by atoms with Crippen molar-refractivity contribution < 1.29 is 23.5 Å². The van der Waals surface area contributed by atoms with Crippen molar-refractivity contribution in [3.63, 3.8) is 0 Å². The van der Waals surface area contributed by atoms with Gasteiger partial charge in [-0.2, -0.15) is 0 Å². The van der Waals surface area contributed by atoms with Gasteiger partial charge in [-0.15, -0.1) is 0 Å². The van der Waals surface area contributed by atoms with Crippen LogP contribution >= 0.6 is 0 Å². The average Bonchev–Trinajstić information content (AvgIpc) is 2.78. The summed E-state index contributed by atoms with van der Waals surface area (Å²) in [6.07, 6.45) is -0.772. The van der Waals surface area contributed by atoms with E-state index in [2.05, 4.69) is 10.6 Å². The first-order valence-electron chi connectivity index (χ1n) is 9.95. The second kappa shape index (κ2) is 8.89. The molecule has 0 radical (unpaired) electrons. The highest BCUT2D eigenvalue weighted by Crippen LogP contribution is 2.36. The summed E-state index contributed by atoms with van der Waals surface area (Å²) in [6, 6.07) is 19.2. The van der Waals surface area contributed by atoms with Gasteiger partial charge in [0.2, 0.25) is 5.91 Å². The Morgan fingerprint density at radius 3 is 2.44 bits per heavy atom. The van der Waals surface area contributed by atoms with Gasteiger partial charge < -0.3 is 15.4 Å². The summed E-state index contributed by atoms with van der Waals surface area (Å²) in [5.41, 5.74) is 1.17. The third-order valence-corrected chi connectivity index (χ3v) is 4.90. The van der Waals surface area contributed by atoms with Crippen molar-refractivity contribution in [1.82, 2.24) is 0 Å². The smallest absolute Gasteiger partial charge is 0.268 e. The van der Waals surface area contributed by atoms with E-state index in [0.717, 1.165) is 0 Å². The van der Waals surface area contributed by atoms with Crippen LogP contribution in [-0.4, -0.2) is 30.4 Å². The second-order valence-electron chi connectivity index (χ2n) is 7.22. The fourth-order valence-electron chi connectivity index (χ4n) is 3.36. The number of carbonyl (C=O) groups is 3. The molecule has 2 N–H and O–H groups in total. The number of fused-ring (bicyclic) bond motifs is 1. The SMILES string of the molecule is CC1Oc2ccc(NC(=O)c3ccccc3F)cc2N(CC(=O)Nc2ccccc2)C1=O. The van der Waals surface area contributed by atoms with Crippen molar-refractivity contribution >= 4 is 34.8 Å². The number of anilines is 3. The lowest BCUT2D eigenvalue weighted by atomic mass is 10.1. The van der Waals surface area contributed by atoms with Crippen molar-refractivity contribution in [3.05, 3.63) is 84.2 Å². The molecule has 1 aliphatic rings. The van der Waals surface area contributed by atoms with Crippen molar-refractivity contribution in [2.45, 2.75) is 13.0 Å². The minimum atomic E-state index is -0.772. The Balaban J connectivity index is 1.57. The van der Waals surface area contributed by atoms with Crippen molar-refractivity contribution in [3.8, 4) is 5.75 Å². The van der Waals surface area contributed by atoms with E-state index in [-0.39, 0.29) is 18.0 Å². The van der Waals surface area contributed by atoms with Gasteiger partial charge in [-0.25, -0.2) is 4.39 Å². The maximum atomic E-state index is 13.9. The molecule has 3 aromatic rings. The van der Waals surface area contributed by atoms with Crippen LogP contribution in [0.3, 0.4) is 0 Å². The standard InChI is InChI=1S/C24H20FN3O4/c1-15-24(31)28(14-22(29)26-16-7-3-2-4-8-16)20-13-17(11-12-21(20)32-15)27-23(30)18-9-5-6-10-19(18)25/h2-13,15H,14H2,1H3,(H,26,29)(H,27,30). The number of nitrogens with zero attached hydrogens (tertiary/aromatic N) is 1. The maximum absolute atomic E-state index is 13.9. The largest absolute Gasteiger partial charge is 0.479 e. The van der Waals surface area contributed by atoms with Crippen LogP contribution in [0.5, 0.6) is 5.75 Å².